The molecule has 2 unspecified atom stereocenters. The lowest BCUT2D eigenvalue weighted by Gasteiger charge is -2.26. The third kappa shape index (κ3) is 21.0. The van der Waals surface area contributed by atoms with Crippen LogP contribution >= 0.6 is 0 Å². The number of aliphatic hydroxyl groups is 4. The molecule has 0 radical (unpaired) electrons. The minimum Gasteiger partial charge on any atom is -0.394 e. The van der Waals surface area contributed by atoms with E-state index in [0.717, 1.165) is 19.4 Å². The van der Waals surface area contributed by atoms with Crippen molar-refractivity contribution in [1.82, 2.24) is 4.90 Å². The third-order valence-electron chi connectivity index (χ3n) is 5.94. The maximum atomic E-state index is 9.62. The Balaban J connectivity index is 3.42. The Labute approximate surface area is 186 Å². The summed E-state index contributed by atoms with van der Waals surface area (Å²) in [6.45, 7) is 3.19. The Morgan fingerprint density at radius 1 is 0.500 bits per heavy atom. The normalized spacial score (nSPS) is 13.8. The van der Waals surface area contributed by atoms with Crippen LogP contribution in [-0.2, 0) is 0 Å². The van der Waals surface area contributed by atoms with Gasteiger partial charge in [0.1, 0.15) is 0 Å². The van der Waals surface area contributed by atoms with Gasteiger partial charge < -0.3 is 20.4 Å². The van der Waals surface area contributed by atoms with Crippen LogP contribution in [-0.4, -0.2) is 70.4 Å². The Morgan fingerprint density at radius 2 is 0.800 bits per heavy atom. The first-order chi connectivity index (χ1) is 14.6. The molecule has 30 heavy (non-hydrogen) atoms. The van der Waals surface area contributed by atoms with Crippen molar-refractivity contribution in [2.24, 2.45) is 0 Å². The zero-order valence-electron chi connectivity index (χ0n) is 19.9. The van der Waals surface area contributed by atoms with Crippen LogP contribution < -0.4 is 0 Å². The predicted octanol–water partition coefficient (Wildman–Crippen LogP) is 4.65. The van der Waals surface area contributed by atoms with Crippen molar-refractivity contribution in [3.05, 3.63) is 0 Å². The number of unbranched alkanes of at least 4 members (excludes halogenated alkanes) is 16. The topological polar surface area (TPSA) is 84.2 Å². The van der Waals surface area contributed by atoms with E-state index < -0.39 is 12.2 Å². The average molecular weight is 432 g/mol. The van der Waals surface area contributed by atoms with Crippen molar-refractivity contribution in [1.29, 1.82) is 0 Å². The van der Waals surface area contributed by atoms with Crippen molar-refractivity contribution in [2.75, 3.05) is 32.8 Å². The second-order valence-corrected chi connectivity index (χ2v) is 9.09. The van der Waals surface area contributed by atoms with E-state index in [0.29, 0.717) is 13.1 Å². The zero-order chi connectivity index (χ0) is 22.3. The molecule has 5 nitrogen and oxygen atoms in total. The standard InChI is InChI=1S/C25H53NO4/c1-2-3-4-5-6-7-8-9-10-11-12-13-14-15-16-17-18-19-26(20-24(29)22-27)21-25(30)23-28/h24-25,27-30H,2-23H2,1H3. The van der Waals surface area contributed by atoms with Gasteiger partial charge in [0.05, 0.1) is 25.4 Å². The molecule has 0 aliphatic rings. The molecule has 0 saturated heterocycles. The van der Waals surface area contributed by atoms with Crippen molar-refractivity contribution < 1.29 is 20.4 Å². The summed E-state index contributed by atoms with van der Waals surface area (Å²) in [4.78, 5) is 1.94. The van der Waals surface area contributed by atoms with Crippen LogP contribution in [0.25, 0.3) is 0 Å². The predicted molar refractivity (Wildman–Crippen MR) is 127 cm³/mol. The maximum Gasteiger partial charge on any atom is 0.0897 e. The van der Waals surface area contributed by atoms with Crippen LogP contribution in [0.4, 0.5) is 0 Å². The van der Waals surface area contributed by atoms with Crippen LogP contribution in [0.1, 0.15) is 116 Å². The molecule has 0 aromatic carbocycles. The molecular formula is C25H53NO4. The molecule has 182 valence electrons. The lowest BCUT2D eigenvalue weighted by molar-refractivity contribution is 0.0228. The Morgan fingerprint density at radius 3 is 1.10 bits per heavy atom. The highest BCUT2D eigenvalue weighted by atomic mass is 16.3. The van der Waals surface area contributed by atoms with Gasteiger partial charge in [-0.3, -0.25) is 4.90 Å². The first kappa shape index (κ1) is 29.8. The van der Waals surface area contributed by atoms with Gasteiger partial charge in [-0.1, -0.05) is 110 Å². The van der Waals surface area contributed by atoms with E-state index in [1.54, 1.807) is 0 Å². The number of hydrogen-bond donors (Lipinski definition) is 4. The smallest absolute Gasteiger partial charge is 0.0897 e. The molecule has 2 atom stereocenters. The van der Waals surface area contributed by atoms with Gasteiger partial charge >= 0.3 is 0 Å². The molecule has 0 fully saturated rings. The molecule has 0 amide bonds. The summed E-state index contributed by atoms with van der Waals surface area (Å²) in [5, 5.41) is 37.3. The van der Waals surface area contributed by atoms with Crippen LogP contribution in [0.5, 0.6) is 0 Å². The van der Waals surface area contributed by atoms with E-state index in [1.807, 2.05) is 4.90 Å². The monoisotopic (exact) mass is 431 g/mol. The number of aliphatic hydroxyl groups excluding tert-OH is 4. The van der Waals surface area contributed by atoms with E-state index in [1.165, 1.54) is 96.3 Å². The molecule has 0 aromatic heterocycles. The van der Waals surface area contributed by atoms with E-state index in [9.17, 15) is 10.2 Å². The van der Waals surface area contributed by atoms with Gasteiger partial charge in [-0.05, 0) is 13.0 Å². The highest BCUT2D eigenvalue weighted by molar-refractivity contribution is 4.68. The van der Waals surface area contributed by atoms with E-state index >= 15 is 0 Å². The second-order valence-electron chi connectivity index (χ2n) is 9.09. The van der Waals surface area contributed by atoms with Gasteiger partial charge in [0.2, 0.25) is 0 Å². The maximum absolute atomic E-state index is 9.62. The quantitative estimate of drug-likeness (QED) is 0.167. The summed E-state index contributed by atoms with van der Waals surface area (Å²) in [5.41, 5.74) is 0. The van der Waals surface area contributed by atoms with Crippen molar-refractivity contribution >= 4 is 0 Å². The summed E-state index contributed by atoms with van der Waals surface area (Å²) >= 11 is 0. The van der Waals surface area contributed by atoms with Crippen molar-refractivity contribution in [3.63, 3.8) is 0 Å². The Bertz CT molecular complexity index is 318. The largest absolute Gasteiger partial charge is 0.394 e. The second kappa shape index (κ2) is 23.5. The summed E-state index contributed by atoms with van der Waals surface area (Å²) in [6, 6.07) is 0. The molecule has 0 aliphatic carbocycles. The Kier molecular flexibility index (Phi) is 23.3. The fourth-order valence-corrected chi connectivity index (χ4v) is 4.03. The summed E-state index contributed by atoms with van der Waals surface area (Å²) in [6.07, 6.45) is 21.3. The van der Waals surface area contributed by atoms with Crippen molar-refractivity contribution in [3.8, 4) is 0 Å². The molecule has 0 heterocycles. The van der Waals surface area contributed by atoms with Gasteiger partial charge in [-0.25, -0.2) is 0 Å². The van der Waals surface area contributed by atoms with Gasteiger partial charge in [0.15, 0.2) is 0 Å². The zero-order valence-corrected chi connectivity index (χ0v) is 19.9. The molecule has 0 bridgehead atoms. The Hall–Kier alpha value is -0.200. The third-order valence-corrected chi connectivity index (χ3v) is 5.94. The number of hydrogen-bond acceptors (Lipinski definition) is 5. The summed E-state index contributed by atoms with van der Waals surface area (Å²) < 4.78 is 0. The molecule has 0 spiro atoms. The molecule has 4 N–H and O–H groups in total. The van der Waals surface area contributed by atoms with E-state index in [4.69, 9.17) is 10.2 Å². The highest BCUT2D eigenvalue weighted by Crippen LogP contribution is 2.14. The number of nitrogens with zero attached hydrogens (tertiary/aromatic N) is 1. The molecule has 0 rings (SSSR count). The van der Waals surface area contributed by atoms with Crippen LogP contribution in [0.2, 0.25) is 0 Å². The average Bonchev–Trinajstić information content (AvgIpc) is 2.75. The number of rotatable bonds is 24. The first-order valence-corrected chi connectivity index (χ1v) is 12.9. The van der Waals surface area contributed by atoms with Gasteiger partial charge in [0, 0.05) is 13.1 Å². The lowest BCUT2D eigenvalue weighted by atomic mass is 10.0. The fourth-order valence-electron chi connectivity index (χ4n) is 4.03. The minimum atomic E-state index is -0.790. The van der Waals surface area contributed by atoms with Crippen LogP contribution in [0.3, 0.4) is 0 Å². The van der Waals surface area contributed by atoms with Crippen molar-refractivity contribution in [2.45, 2.75) is 128 Å². The van der Waals surface area contributed by atoms with Crippen LogP contribution in [0, 0.1) is 0 Å². The van der Waals surface area contributed by atoms with Gasteiger partial charge in [-0.2, -0.15) is 0 Å². The van der Waals surface area contributed by atoms with Gasteiger partial charge in [-0.15, -0.1) is 0 Å². The van der Waals surface area contributed by atoms with Crippen LogP contribution in [0.15, 0.2) is 0 Å². The molecule has 0 saturated carbocycles. The molecule has 0 aliphatic heterocycles. The molecule has 0 aromatic rings. The lowest BCUT2D eigenvalue weighted by Crippen LogP contribution is -2.40. The van der Waals surface area contributed by atoms with Gasteiger partial charge in [0.25, 0.3) is 0 Å². The van der Waals surface area contributed by atoms with E-state index in [2.05, 4.69) is 6.92 Å². The first-order valence-electron chi connectivity index (χ1n) is 12.9. The molecule has 5 heteroatoms. The molecular weight excluding hydrogens is 378 g/mol. The summed E-state index contributed by atoms with van der Waals surface area (Å²) in [7, 11) is 0. The minimum absolute atomic E-state index is 0.273. The SMILES string of the molecule is CCCCCCCCCCCCCCCCCCCN(CC(O)CO)CC(O)CO. The van der Waals surface area contributed by atoms with E-state index in [-0.39, 0.29) is 13.2 Å². The summed E-state index contributed by atoms with van der Waals surface area (Å²) in [5.74, 6) is 0. The highest BCUT2D eigenvalue weighted by Gasteiger charge is 2.14. The fraction of sp³-hybridized carbons (Fsp3) is 1.00.